The summed E-state index contributed by atoms with van der Waals surface area (Å²) < 4.78 is 5.13. The van der Waals surface area contributed by atoms with Crippen LogP contribution in [-0.2, 0) is 0 Å². The first-order valence-electron chi connectivity index (χ1n) is 5.67. The molecule has 0 aliphatic rings. The summed E-state index contributed by atoms with van der Waals surface area (Å²) in [7, 11) is 1.68. The van der Waals surface area contributed by atoms with E-state index in [1.54, 1.807) is 7.11 Å². The Morgan fingerprint density at radius 1 is 0.882 bits per heavy atom. The van der Waals surface area contributed by atoms with Gasteiger partial charge in [0.1, 0.15) is 5.75 Å². The Morgan fingerprint density at radius 3 is 2.24 bits per heavy atom. The normalized spacial score (nSPS) is 10.7. The van der Waals surface area contributed by atoms with Gasteiger partial charge in [-0.25, -0.2) is 0 Å². The van der Waals surface area contributed by atoms with Crippen LogP contribution >= 0.6 is 0 Å². The van der Waals surface area contributed by atoms with Crippen LogP contribution in [0.4, 0.5) is 0 Å². The number of ether oxygens (including phenoxy) is 1. The van der Waals surface area contributed by atoms with Gasteiger partial charge in [-0.3, -0.25) is 0 Å². The number of rotatable bonds is 3. The zero-order chi connectivity index (χ0) is 12.1. The third-order valence-corrected chi connectivity index (χ3v) is 2.76. The quantitative estimate of drug-likeness (QED) is 0.711. The van der Waals surface area contributed by atoms with Crippen molar-refractivity contribution in [2.24, 2.45) is 0 Å². The Morgan fingerprint density at radius 2 is 1.59 bits per heavy atom. The lowest BCUT2D eigenvalue weighted by Crippen LogP contribution is -1.81. The molecular formula is C16H16O. The maximum Gasteiger partial charge on any atom is 0.118 e. The van der Waals surface area contributed by atoms with Crippen LogP contribution in [0.5, 0.6) is 5.75 Å². The molecule has 0 atom stereocenters. The molecule has 1 nitrogen and oxygen atoms in total. The lowest BCUT2D eigenvalue weighted by molar-refractivity contribution is 0.415. The Labute approximate surface area is 102 Å². The van der Waals surface area contributed by atoms with Crippen LogP contribution in [0, 0.1) is 6.92 Å². The zero-order valence-corrected chi connectivity index (χ0v) is 10.2. The fraction of sp³-hybridized carbons (Fsp3) is 0.125. The maximum absolute atomic E-state index is 5.13. The average Bonchev–Trinajstić information content (AvgIpc) is 2.38. The molecule has 0 radical (unpaired) electrons. The Balaban J connectivity index is 2.17. The van der Waals surface area contributed by atoms with E-state index in [-0.39, 0.29) is 0 Å². The third-order valence-electron chi connectivity index (χ3n) is 2.76. The van der Waals surface area contributed by atoms with Gasteiger partial charge in [0, 0.05) is 0 Å². The fourth-order valence-electron chi connectivity index (χ4n) is 1.67. The van der Waals surface area contributed by atoms with Crippen LogP contribution in [0.25, 0.3) is 12.2 Å². The van der Waals surface area contributed by atoms with Crippen molar-refractivity contribution in [2.45, 2.75) is 6.92 Å². The van der Waals surface area contributed by atoms with Crippen molar-refractivity contribution in [2.75, 3.05) is 7.11 Å². The minimum atomic E-state index is 0.887. The minimum absolute atomic E-state index is 0.887. The monoisotopic (exact) mass is 224 g/mol. The summed E-state index contributed by atoms with van der Waals surface area (Å²) in [6.45, 7) is 2.12. The van der Waals surface area contributed by atoms with Gasteiger partial charge in [-0.15, -0.1) is 0 Å². The van der Waals surface area contributed by atoms with Crippen molar-refractivity contribution < 1.29 is 4.74 Å². The van der Waals surface area contributed by atoms with Gasteiger partial charge in [-0.2, -0.15) is 0 Å². The number of benzene rings is 2. The molecule has 0 amide bonds. The molecule has 0 spiro atoms. The van der Waals surface area contributed by atoms with E-state index in [0.717, 1.165) is 5.75 Å². The van der Waals surface area contributed by atoms with E-state index in [0.29, 0.717) is 0 Å². The molecule has 0 fully saturated rings. The molecule has 2 aromatic carbocycles. The molecule has 0 aliphatic carbocycles. The highest BCUT2D eigenvalue weighted by atomic mass is 16.5. The van der Waals surface area contributed by atoms with Crippen molar-refractivity contribution >= 4 is 12.2 Å². The number of aryl methyl sites for hydroxylation is 1. The Kier molecular flexibility index (Phi) is 3.61. The van der Waals surface area contributed by atoms with Gasteiger partial charge in [0.25, 0.3) is 0 Å². The largest absolute Gasteiger partial charge is 0.497 e. The predicted molar refractivity (Wildman–Crippen MR) is 73.1 cm³/mol. The van der Waals surface area contributed by atoms with Crippen LogP contribution in [-0.4, -0.2) is 7.11 Å². The predicted octanol–water partition coefficient (Wildman–Crippen LogP) is 4.17. The third kappa shape index (κ3) is 2.97. The van der Waals surface area contributed by atoms with E-state index in [1.165, 1.54) is 16.7 Å². The topological polar surface area (TPSA) is 9.23 Å². The van der Waals surface area contributed by atoms with Gasteiger partial charge >= 0.3 is 0 Å². The van der Waals surface area contributed by atoms with Crippen LogP contribution in [0.15, 0.2) is 48.5 Å². The number of hydrogen-bond donors (Lipinski definition) is 0. The fourth-order valence-corrected chi connectivity index (χ4v) is 1.67. The van der Waals surface area contributed by atoms with Crippen LogP contribution in [0.1, 0.15) is 16.7 Å². The smallest absolute Gasteiger partial charge is 0.118 e. The summed E-state index contributed by atoms with van der Waals surface area (Å²) >= 11 is 0. The lowest BCUT2D eigenvalue weighted by atomic mass is 10.1. The zero-order valence-electron chi connectivity index (χ0n) is 10.2. The number of methoxy groups -OCH3 is 1. The van der Waals surface area contributed by atoms with E-state index < -0.39 is 0 Å². The first kappa shape index (κ1) is 11.5. The van der Waals surface area contributed by atoms with Crippen molar-refractivity contribution in [3.8, 4) is 5.75 Å². The molecule has 2 rings (SSSR count). The lowest BCUT2D eigenvalue weighted by Gasteiger charge is -2.00. The summed E-state index contributed by atoms with van der Waals surface area (Å²) in [5, 5.41) is 0. The Bertz CT molecular complexity index is 509. The van der Waals surface area contributed by atoms with Crippen molar-refractivity contribution in [1.29, 1.82) is 0 Å². The second-order valence-corrected chi connectivity index (χ2v) is 3.96. The molecule has 0 aromatic heterocycles. The summed E-state index contributed by atoms with van der Waals surface area (Å²) in [6.07, 6.45) is 4.25. The molecule has 0 unspecified atom stereocenters. The first-order chi connectivity index (χ1) is 8.29. The molecule has 17 heavy (non-hydrogen) atoms. The molecule has 1 heteroatoms. The maximum atomic E-state index is 5.13. The van der Waals surface area contributed by atoms with Crippen molar-refractivity contribution in [3.05, 3.63) is 65.2 Å². The van der Waals surface area contributed by atoms with Crippen LogP contribution < -0.4 is 4.74 Å². The van der Waals surface area contributed by atoms with Gasteiger partial charge in [-0.1, -0.05) is 48.6 Å². The molecule has 0 saturated heterocycles. The molecule has 0 heterocycles. The Hall–Kier alpha value is -2.02. The molecule has 86 valence electrons. The average molecular weight is 224 g/mol. The van der Waals surface area contributed by atoms with Crippen LogP contribution in [0.2, 0.25) is 0 Å². The van der Waals surface area contributed by atoms with E-state index in [2.05, 4.69) is 43.3 Å². The molecule has 0 saturated carbocycles. The van der Waals surface area contributed by atoms with Crippen molar-refractivity contribution in [1.82, 2.24) is 0 Å². The van der Waals surface area contributed by atoms with Crippen molar-refractivity contribution in [3.63, 3.8) is 0 Å². The van der Waals surface area contributed by atoms with E-state index in [4.69, 9.17) is 4.74 Å². The summed E-state index contributed by atoms with van der Waals surface area (Å²) in [5.41, 5.74) is 3.72. The minimum Gasteiger partial charge on any atom is -0.497 e. The van der Waals surface area contributed by atoms with Gasteiger partial charge in [-0.05, 0) is 35.7 Å². The highest BCUT2D eigenvalue weighted by Gasteiger charge is 1.92. The van der Waals surface area contributed by atoms with Gasteiger partial charge in [0.05, 0.1) is 7.11 Å². The molecule has 2 aromatic rings. The number of hydrogen-bond acceptors (Lipinski definition) is 1. The van der Waals surface area contributed by atoms with Crippen LogP contribution in [0.3, 0.4) is 0 Å². The summed E-state index contributed by atoms with van der Waals surface area (Å²) in [6, 6.07) is 16.4. The van der Waals surface area contributed by atoms with Gasteiger partial charge < -0.3 is 4.74 Å². The highest BCUT2D eigenvalue weighted by molar-refractivity contribution is 5.71. The second-order valence-electron chi connectivity index (χ2n) is 3.96. The SMILES string of the molecule is COc1ccc(/C=C/c2ccccc2C)cc1. The molecule has 0 aliphatic heterocycles. The summed E-state index contributed by atoms with van der Waals surface area (Å²) in [4.78, 5) is 0. The second kappa shape index (κ2) is 5.35. The van der Waals surface area contributed by atoms with E-state index in [9.17, 15) is 0 Å². The van der Waals surface area contributed by atoms with E-state index >= 15 is 0 Å². The standard InChI is InChI=1S/C16H16O/c1-13-5-3-4-6-15(13)10-7-14-8-11-16(17-2)12-9-14/h3-12H,1-2H3/b10-7+. The first-order valence-corrected chi connectivity index (χ1v) is 5.67. The van der Waals surface area contributed by atoms with E-state index in [1.807, 2.05) is 24.3 Å². The highest BCUT2D eigenvalue weighted by Crippen LogP contribution is 2.15. The molecule has 0 N–H and O–H groups in total. The molecule has 0 bridgehead atoms. The van der Waals surface area contributed by atoms with Gasteiger partial charge in [0.15, 0.2) is 0 Å². The van der Waals surface area contributed by atoms with Gasteiger partial charge in [0.2, 0.25) is 0 Å². The molecular weight excluding hydrogens is 208 g/mol. The summed E-state index contributed by atoms with van der Waals surface area (Å²) in [5.74, 6) is 0.887.